The molecule has 6 nitrogen and oxygen atoms in total. The molecule has 0 aliphatic rings. The molecule has 4 N–H and O–H groups in total. The number of ether oxygens (including phenoxy) is 1. The number of rotatable bonds is 1. The van der Waals surface area contributed by atoms with Crippen molar-refractivity contribution in [1.82, 2.24) is 5.32 Å². The lowest BCUT2D eigenvalue weighted by molar-refractivity contribution is 0.202. The highest BCUT2D eigenvalue weighted by Crippen LogP contribution is 2.25. The quantitative estimate of drug-likeness (QED) is 0.727. The third-order valence-corrected chi connectivity index (χ3v) is 2.11. The molecule has 0 heterocycles. The first kappa shape index (κ1) is 16.8. The Morgan fingerprint density at radius 1 is 1.32 bits per heavy atom. The summed E-state index contributed by atoms with van der Waals surface area (Å²) in [6.45, 7) is 6.35. The van der Waals surface area contributed by atoms with Gasteiger partial charge >= 0.3 is 12.2 Å². The number of primary amides is 1. The molecule has 1 rings (SSSR count). The maximum Gasteiger partial charge on any atom is 0.412 e. The van der Waals surface area contributed by atoms with Gasteiger partial charge in [0.25, 0.3) is 0 Å². The van der Waals surface area contributed by atoms with Gasteiger partial charge < -0.3 is 20.9 Å². The van der Waals surface area contributed by atoms with Crippen LogP contribution in [-0.2, 0) is 5.41 Å². The molecule has 19 heavy (non-hydrogen) atoms. The van der Waals surface area contributed by atoms with E-state index in [0.717, 1.165) is 5.56 Å². The zero-order valence-electron chi connectivity index (χ0n) is 11.6. The first-order valence-electron chi connectivity index (χ1n) is 5.65. The lowest BCUT2D eigenvalue weighted by Gasteiger charge is -2.19. The third kappa shape index (κ3) is 7.64. The monoisotopic (exact) mass is 268 g/mol. The Bertz CT molecular complexity index is 435. The average molecular weight is 268 g/mol. The topological polar surface area (TPSA) is 102 Å². The SMILES string of the molecule is CNC(=O)Oc1cccc(C(C)(C)C)c1.NC(=O)O. The Morgan fingerprint density at radius 2 is 1.84 bits per heavy atom. The fourth-order valence-electron chi connectivity index (χ4n) is 1.18. The Balaban J connectivity index is 0.000000711. The Labute approximate surface area is 112 Å². The highest BCUT2D eigenvalue weighted by Gasteiger charge is 2.14. The predicted molar refractivity (Wildman–Crippen MR) is 72.4 cm³/mol. The Hall–Kier alpha value is -2.24. The molecule has 1 aromatic rings. The molecule has 0 saturated heterocycles. The van der Waals surface area contributed by atoms with Crippen LogP contribution in [-0.4, -0.2) is 24.3 Å². The van der Waals surface area contributed by atoms with Crippen LogP contribution >= 0.6 is 0 Å². The summed E-state index contributed by atoms with van der Waals surface area (Å²) in [6, 6.07) is 7.56. The van der Waals surface area contributed by atoms with Crippen molar-refractivity contribution in [1.29, 1.82) is 0 Å². The summed E-state index contributed by atoms with van der Waals surface area (Å²) in [7, 11) is 1.54. The minimum absolute atomic E-state index is 0.0576. The van der Waals surface area contributed by atoms with Gasteiger partial charge in [0.2, 0.25) is 0 Å². The van der Waals surface area contributed by atoms with E-state index in [4.69, 9.17) is 14.6 Å². The first-order valence-corrected chi connectivity index (χ1v) is 5.65. The van der Waals surface area contributed by atoms with Crippen molar-refractivity contribution in [2.75, 3.05) is 7.05 Å². The van der Waals surface area contributed by atoms with E-state index in [2.05, 4.69) is 31.8 Å². The van der Waals surface area contributed by atoms with Crippen LogP contribution in [0.3, 0.4) is 0 Å². The van der Waals surface area contributed by atoms with Crippen molar-refractivity contribution in [2.24, 2.45) is 5.73 Å². The van der Waals surface area contributed by atoms with Crippen molar-refractivity contribution < 1.29 is 19.4 Å². The van der Waals surface area contributed by atoms with Crippen LogP contribution in [0, 0.1) is 0 Å². The maximum absolute atomic E-state index is 11.0. The molecule has 0 atom stereocenters. The summed E-state index contributed by atoms with van der Waals surface area (Å²) >= 11 is 0. The van der Waals surface area contributed by atoms with Crippen molar-refractivity contribution in [2.45, 2.75) is 26.2 Å². The van der Waals surface area contributed by atoms with Crippen LogP contribution < -0.4 is 15.8 Å². The van der Waals surface area contributed by atoms with E-state index in [1.54, 1.807) is 6.07 Å². The fourth-order valence-corrected chi connectivity index (χ4v) is 1.18. The smallest absolute Gasteiger partial charge is 0.412 e. The van der Waals surface area contributed by atoms with Crippen molar-refractivity contribution in [3.05, 3.63) is 29.8 Å². The van der Waals surface area contributed by atoms with Gasteiger partial charge in [-0.05, 0) is 23.1 Å². The molecule has 0 aliphatic carbocycles. The van der Waals surface area contributed by atoms with Crippen LogP contribution in [0.1, 0.15) is 26.3 Å². The molecule has 2 amide bonds. The molecule has 0 spiro atoms. The molecule has 0 bridgehead atoms. The second kappa shape index (κ2) is 7.25. The van der Waals surface area contributed by atoms with Crippen molar-refractivity contribution in [3.63, 3.8) is 0 Å². The number of benzene rings is 1. The minimum atomic E-state index is -1.33. The summed E-state index contributed by atoms with van der Waals surface area (Å²) in [4.78, 5) is 19.8. The number of nitrogens with one attached hydrogen (secondary N) is 1. The number of hydrogen-bond acceptors (Lipinski definition) is 3. The van der Waals surface area contributed by atoms with E-state index in [1.165, 1.54) is 7.05 Å². The Morgan fingerprint density at radius 3 is 2.26 bits per heavy atom. The normalized spacial score (nSPS) is 9.89. The highest BCUT2D eigenvalue weighted by atomic mass is 16.5. The van der Waals surface area contributed by atoms with E-state index in [1.807, 2.05) is 18.2 Å². The zero-order chi connectivity index (χ0) is 15.1. The third-order valence-electron chi connectivity index (χ3n) is 2.11. The van der Waals surface area contributed by atoms with E-state index < -0.39 is 12.2 Å². The Kier molecular flexibility index (Phi) is 6.40. The van der Waals surface area contributed by atoms with E-state index in [9.17, 15) is 4.79 Å². The molecule has 0 unspecified atom stereocenters. The van der Waals surface area contributed by atoms with Gasteiger partial charge in [-0.15, -0.1) is 0 Å². The summed E-state index contributed by atoms with van der Waals surface area (Å²) in [5.74, 6) is 0.571. The van der Waals surface area contributed by atoms with E-state index in [0.29, 0.717) is 5.75 Å². The van der Waals surface area contributed by atoms with Crippen LogP contribution in [0.25, 0.3) is 0 Å². The zero-order valence-corrected chi connectivity index (χ0v) is 11.6. The molecular weight excluding hydrogens is 248 g/mol. The first-order chi connectivity index (χ1) is 8.66. The van der Waals surface area contributed by atoms with Gasteiger partial charge in [0.05, 0.1) is 0 Å². The molecule has 106 valence electrons. The predicted octanol–water partition coefficient (Wildman–Crippen LogP) is 2.33. The second-order valence-electron chi connectivity index (χ2n) is 4.76. The van der Waals surface area contributed by atoms with Gasteiger partial charge in [-0.1, -0.05) is 32.9 Å². The number of carbonyl (C=O) groups excluding carboxylic acids is 1. The minimum Gasteiger partial charge on any atom is -0.465 e. The largest absolute Gasteiger partial charge is 0.465 e. The van der Waals surface area contributed by atoms with Gasteiger partial charge in [0.15, 0.2) is 0 Å². The summed E-state index contributed by atoms with van der Waals surface area (Å²) < 4.78 is 5.05. The van der Waals surface area contributed by atoms with Crippen LogP contribution in [0.15, 0.2) is 24.3 Å². The van der Waals surface area contributed by atoms with Gasteiger partial charge in [-0.3, -0.25) is 0 Å². The number of nitrogens with two attached hydrogens (primary N) is 1. The van der Waals surface area contributed by atoms with Gasteiger partial charge in [0.1, 0.15) is 5.75 Å². The molecule has 0 radical (unpaired) electrons. The molecule has 0 aromatic heterocycles. The standard InChI is InChI=1S/C12H17NO2.CH3NO2/c1-12(2,3)9-6-5-7-10(8-9)15-11(14)13-4;2-1(3)4/h5-8H,1-4H3,(H,13,14);2H2,(H,3,4). The summed E-state index contributed by atoms with van der Waals surface area (Å²) in [5, 5.41) is 9.60. The molecular formula is C13H20N2O4. The fraction of sp³-hybridized carbons (Fsp3) is 0.385. The van der Waals surface area contributed by atoms with E-state index in [-0.39, 0.29) is 5.41 Å². The van der Waals surface area contributed by atoms with Crippen molar-refractivity contribution in [3.8, 4) is 5.75 Å². The van der Waals surface area contributed by atoms with Crippen LogP contribution in [0.5, 0.6) is 5.75 Å². The van der Waals surface area contributed by atoms with Crippen LogP contribution in [0.2, 0.25) is 0 Å². The molecule has 1 aromatic carbocycles. The maximum atomic E-state index is 11.0. The van der Waals surface area contributed by atoms with Crippen LogP contribution in [0.4, 0.5) is 9.59 Å². The van der Waals surface area contributed by atoms with Gasteiger partial charge in [-0.2, -0.15) is 0 Å². The molecule has 0 saturated carbocycles. The number of hydrogen-bond donors (Lipinski definition) is 3. The number of carboxylic acid groups (broad SMARTS) is 1. The number of amides is 2. The van der Waals surface area contributed by atoms with Gasteiger partial charge in [0, 0.05) is 7.05 Å². The summed E-state index contributed by atoms with van der Waals surface area (Å²) in [5.41, 5.74) is 5.23. The van der Waals surface area contributed by atoms with Crippen molar-refractivity contribution >= 4 is 12.2 Å². The summed E-state index contributed by atoms with van der Waals surface area (Å²) in [6.07, 6.45) is -1.78. The molecule has 6 heteroatoms. The van der Waals surface area contributed by atoms with E-state index >= 15 is 0 Å². The average Bonchev–Trinajstić information content (AvgIpc) is 2.27. The lowest BCUT2D eigenvalue weighted by atomic mass is 9.87. The molecule has 0 fully saturated rings. The highest BCUT2D eigenvalue weighted by molar-refractivity contribution is 5.69. The molecule has 0 aliphatic heterocycles. The lowest BCUT2D eigenvalue weighted by Crippen LogP contribution is -2.22. The second-order valence-corrected chi connectivity index (χ2v) is 4.76. The van der Waals surface area contributed by atoms with Gasteiger partial charge in [-0.25, -0.2) is 9.59 Å². The number of carbonyl (C=O) groups is 2.